The summed E-state index contributed by atoms with van der Waals surface area (Å²) in [6.07, 6.45) is 6.81. The van der Waals surface area contributed by atoms with Crippen molar-refractivity contribution in [1.29, 1.82) is 0 Å². The lowest BCUT2D eigenvalue weighted by atomic mass is 9.43. The highest BCUT2D eigenvalue weighted by atomic mass is 35.5. The molecule has 2 nitrogen and oxygen atoms in total. The molecule has 4 saturated carbocycles. The molecule has 0 unspecified atom stereocenters. The quantitative estimate of drug-likeness (QED) is 0.188. The van der Waals surface area contributed by atoms with E-state index in [9.17, 15) is 0 Å². The lowest BCUT2D eigenvalue weighted by Crippen LogP contribution is -2.55. The van der Waals surface area contributed by atoms with Gasteiger partial charge in [-0.25, -0.2) is 0 Å². The number of hydrogen-bond donors (Lipinski definition) is 0. The summed E-state index contributed by atoms with van der Waals surface area (Å²) < 4.78 is 6.43. The van der Waals surface area contributed by atoms with Crippen molar-refractivity contribution in [3.63, 3.8) is 0 Å². The van der Waals surface area contributed by atoms with E-state index in [1.165, 1.54) is 65.5 Å². The maximum Gasteiger partial charge on any atom is 0.137 e. The van der Waals surface area contributed by atoms with Crippen LogP contribution in [0.4, 0.5) is 17.1 Å². The van der Waals surface area contributed by atoms with Crippen LogP contribution in [-0.2, 0) is 5.41 Å². The molecule has 0 N–H and O–H groups in total. The van der Waals surface area contributed by atoms with Crippen molar-refractivity contribution in [2.24, 2.45) is 23.7 Å². The minimum atomic E-state index is 0.0323. The molecule has 4 bridgehead atoms. The van der Waals surface area contributed by atoms with Crippen LogP contribution in [0.3, 0.4) is 0 Å². The van der Waals surface area contributed by atoms with E-state index in [4.69, 9.17) is 16.0 Å². The Bertz CT molecular complexity index is 2390. The number of halogens is 1. The molecular formula is C46H36ClNO. The summed E-state index contributed by atoms with van der Waals surface area (Å²) in [5, 5.41) is 3.13. The fourth-order valence-electron chi connectivity index (χ4n) is 11.1. The lowest BCUT2D eigenvalue weighted by Gasteiger charge is -2.61. The highest BCUT2D eigenvalue weighted by Gasteiger charge is 2.61. The van der Waals surface area contributed by atoms with Crippen molar-refractivity contribution in [2.75, 3.05) is 4.90 Å². The Kier molecular flexibility index (Phi) is 5.94. The molecule has 5 aliphatic carbocycles. The molecule has 3 heteroatoms. The van der Waals surface area contributed by atoms with Crippen LogP contribution in [0.25, 0.3) is 44.2 Å². The van der Waals surface area contributed by atoms with Crippen LogP contribution in [0, 0.1) is 23.7 Å². The molecule has 1 aromatic heterocycles. The highest BCUT2D eigenvalue weighted by Crippen LogP contribution is 2.70. The average molecular weight is 654 g/mol. The van der Waals surface area contributed by atoms with Gasteiger partial charge >= 0.3 is 0 Å². The molecule has 0 saturated heterocycles. The molecule has 0 aliphatic heterocycles. The first-order valence-corrected chi connectivity index (χ1v) is 18.3. The topological polar surface area (TPSA) is 16.4 Å². The maximum absolute atomic E-state index is 7.53. The summed E-state index contributed by atoms with van der Waals surface area (Å²) in [5.74, 6) is 3.11. The normalized spacial score (nSPS) is 24.5. The second kappa shape index (κ2) is 10.4. The molecule has 0 atom stereocenters. The maximum atomic E-state index is 7.53. The third kappa shape index (κ3) is 3.96. The van der Waals surface area contributed by atoms with Gasteiger partial charge in [0.15, 0.2) is 0 Å². The Hall–Kier alpha value is -4.79. The lowest BCUT2D eigenvalue weighted by molar-refractivity contribution is -0.0399. The van der Waals surface area contributed by atoms with Gasteiger partial charge in [0.2, 0.25) is 0 Å². The first-order valence-electron chi connectivity index (χ1n) is 18.0. The van der Waals surface area contributed by atoms with E-state index in [1.54, 1.807) is 0 Å². The zero-order chi connectivity index (χ0) is 32.3. The smallest absolute Gasteiger partial charge is 0.137 e. The first kappa shape index (κ1) is 28.1. The molecule has 1 heterocycles. The van der Waals surface area contributed by atoms with Crippen molar-refractivity contribution in [3.8, 4) is 22.3 Å². The van der Waals surface area contributed by atoms with Crippen molar-refractivity contribution in [1.82, 2.24) is 0 Å². The molecule has 7 aromatic rings. The van der Waals surface area contributed by atoms with E-state index in [0.29, 0.717) is 11.8 Å². The molecule has 0 amide bonds. The molecule has 12 rings (SSSR count). The Balaban J connectivity index is 1.13. The molecule has 6 aromatic carbocycles. The Labute approximate surface area is 292 Å². The molecule has 4 fully saturated rings. The second-order valence-corrected chi connectivity index (χ2v) is 15.5. The minimum absolute atomic E-state index is 0.0323. The molecule has 238 valence electrons. The highest BCUT2D eigenvalue weighted by molar-refractivity contribution is 6.34. The predicted octanol–water partition coefficient (Wildman–Crippen LogP) is 13.1. The number of benzene rings is 6. The fraction of sp³-hybridized carbons (Fsp3) is 0.217. The van der Waals surface area contributed by atoms with Crippen LogP contribution in [0.2, 0.25) is 5.02 Å². The van der Waals surface area contributed by atoms with E-state index in [-0.39, 0.29) is 5.41 Å². The zero-order valence-electron chi connectivity index (χ0n) is 27.3. The number of para-hydroxylation sites is 1. The Morgan fingerprint density at radius 1 is 0.531 bits per heavy atom. The van der Waals surface area contributed by atoms with Crippen LogP contribution >= 0.6 is 11.6 Å². The van der Waals surface area contributed by atoms with Crippen molar-refractivity contribution in [2.45, 2.75) is 37.5 Å². The SMILES string of the molecule is Clc1cc(N(c2ccc(-c3ccccc3)cc2)c2ccc3c(c2)oc2ccccc23)cc2c1-c1ccccc1C21C2CC3CC(C2)CC1C3. The number of hydrogen-bond acceptors (Lipinski definition) is 2. The largest absolute Gasteiger partial charge is 0.456 e. The Morgan fingerprint density at radius 3 is 1.98 bits per heavy atom. The third-order valence-corrected chi connectivity index (χ3v) is 13.0. The van der Waals surface area contributed by atoms with Gasteiger partial charge in [0.05, 0.1) is 5.02 Å². The number of rotatable bonds is 4. The molecule has 5 aliphatic rings. The number of furan rings is 1. The van der Waals surface area contributed by atoms with Crippen molar-refractivity contribution >= 4 is 50.6 Å². The van der Waals surface area contributed by atoms with Gasteiger partial charge in [-0.05, 0) is 126 Å². The summed E-state index contributed by atoms with van der Waals surface area (Å²) in [4.78, 5) is 2.39. The van der Waals surface area contributed by atoms with Gasteiger partial charge < -0.3 is 9.32 Å². The van der Waals surface area contributed by atoms with Gasteiger partial charge in [0.25, 0.3) is 0 Å². The van der Waals surface area contributed by atoms with Gasteiger partial charge in [-0.15, -0.1) is 0 Å². The third-order valence-electron chi connectivity index (χ3n) is 12.7. The standard InChI is InChI=1S/C46H36ClNO/c47-42-26-36(25-41-45(42)39-11-4-6-12-40(39)46(41)32-21-28-20-29(23-32)24-33(46)22-28)48(34-16-14-31(15-17-34)30-8-2-1-3-9-30)35-18-19-38-37-10-5-7-13-43(37)49-44(38)27-35/h1-19,25-29,32-33H,20-24H2. The van der Waals surface area contributed by atoms with Gasteiger partial charge in [0, 0.05) is 44.9 Å². The number of anilines is 3. The summed E-state index contributed by atoms with van der Waals surface area (Å²) in [7, 11) is 0. The minimum Gasteiger partial charge on any atom is -0.456 e. The van der Waals surface area contributed by atoms with E-state index in [1.807, 2.05) is 6.07 Å². The van der Waals surface area contributed by atoms with Gasteiger partial charge in [-0.3, -0.25) is 0 Å². The van der Waals surface area contributed by atoms with E-state index in [2.05, 4.69) is 132 Å². The summed E-state index contributed by atoms with van der Waals surface area (Å²) in [5.41, 5.74) is 13.1. The van der Waals surface area contributed by atoms with Crippen LogP contribution in [-0.4, -0.2) is 0 Å². The van der Waals surface area contributed by atoms with E-state index >= 15 is 0 Å². The summed E-state index contributed by atoms with van der Waals surface area (Å²) in [6.45, 7) is 0. The van der Waals surface area contributed by atoms with Crippen LogP contribution in [0.15, 0.2) is 138 Å². The number of nitrogens with zero attached hydrogens (tertiary/aromatic N) is 1. The molecular weight excluding hydrogens is 618 g/mol. The molecule has 1 spiro atoms. The summed E-state index contributed by atoms with van der Waals surface area (Å²) >= 11 is 7.53. The van der Waals surface area contributed by atoms with Crippen LogP contribution < -0.4 is 4.90 Å². The summed E-state index contributed by atoms with van der Waals surface area (Å²) in [6, 6.07) is 48.5. The monoisotopic (exact) mass is 653 g/mol. The molecule has 49 heavy (non-hydrogen) atoms. The van der Waals surface area contributed by atoms with Crippen LogP contribution in [0.5, 0.6) is 0 Å². The zero-order valence-corrected chi connectivity index (χ0v) is 28.0. The average Bonchev–Trinajstić information content (AvgIpc) is 3.65. The first-order chi connectivity index (χ1) is 24.1. The van der Waals surface area contributed by atoms with E-state index in [0.717, 1.165) is 55.9 Å². The van der Waals surface area contributed by atoms with Crippen LogP contribution in [0.1, 0.15) is 43.2 Å². The van der Waals surface area contributed by atoms with Gasteiger partial charge in [-0.1, -0.05) is 96.5 Å². The predicted molar refractivity (Wildman–Crippen MR) is 202 cm³/mol. The van der Waals surface area contributed by atoms with Crippen molar-refractivity contribution < 1.29 is 4.42 Å². The van der Waals surface area contributed by atoms with Crippen molar-refractivity contribution in [3.05, 3.63) is 150 Å². The second-order valence-electron chi connectivity index (χ2n) is 15.1. The van der Waals surface area contributed by atoms with E-state index < -0.39 is 0 Å². The number of fused-ring (bicyclic) bond motifs is 6. The fourth-order valence-corrected chi connectivity index (χ4v) is 11.4. The Morgan fingerprint density at radius 2 is 1.18 bits per heavy atom. The van der Waals surface area contributed by atoms with Gasteiger partial charge in [-0.2, -0.15) is 0 Å². The molecule has 0 radical (unpaired) electrons. The van der Waals surface area contributed by atoms with Gasteiger partial charge in [0.1, 0.15) is 11.2 Å².